The molecule has 68 heavy (non-hydrogen) atoms. The molecule has 1 aliphatic rings. The van der Waals surface area contributed by atoms with E-state index < -0.39 is 0 Å². The van der Waals surface area contributed by atoms with Crippen molar-refractivity contribution in [3.05, 3.63) is 241 Å². The predicted molar refractivity (Wildman–Crippen MR) is 276 cm³/mol. The SMILES string of the molecule is [C-]#[N+]c1ccc(-c2cccc(-c3cccc(-c4nc(-c5ccccc5)nc(-c5ccc(-c6ccccc6)c(C#N)c5)n4)c3)c2)cc1-c1ccccc1-c1ccc2c(c1)-c1cccc3cccc-2c13. The van der Waals surface area contributed by atoms with E-state index in [0.29, 0.717) is 28.7 Å². The summed E-state index contributed by atoms with van der Waals surface area (Å²) in [5, 5.41) is 12.8. The molecule has 1 heterocycles. The minimum absolute atomic E-state index is 0.483. The van der Waals surface area contributed by atoms with E-state index >= 15 is 0 Å². The van der Waals surface area contributed by atoms with Crippen molar-refractivity contribution in [3.63, 3.8) is 0 Å². The van der Waals surface area contributed by atoms with Gasteiger partial charge >= 0.3 is 0 Å². The lowest BCUT2D eigenvalue weighted by molar-refractivity contribution is 1.07. The van der Waals surface area contributed by atoms with Crippen molar-refractivity contribution in [2.75, 3.05) is 0 Å². The third kappa shape index (κ3) is 7.09. The zero-order chi connectivity index (χ0) is 45.6. The molecule has 5 heteroatoms. The minimum Gasteiger partial charge on any atom is -0.238 e. The summed E-state index contributed by atoms with van der Waals surface area (Å²) in [7, 11) is 0. The Morgan fingerprint density at radius 1 is 0.324 bits per heavy atom. The molecule has 1 aromatic heterocycles. The maximum Gasteiger partial charge on any atom is 0.194 e. The van der Waals surface area contributed by atoms with Crippen molar-refractivity contribution in [1.82, 2.24) is 15.0 Å². The highest BCUT2D eigenvalue weighted by molar-refractivity contribution is 6.15. The Hall–Kier alpha value is -9.55. The Balaban J connectivity index is 0.903. The van der Waals surface area contributed by atoms with Gasteiger partial charge in [0.15, 0.2) is 23.2 Å². The third-order valence-corrected chi connectivity index (χ3v) is 13.0. The second kappa shape index (κ2) is 16.8. The number of benzene rings is 10. The molecule has 0 atom stereocenters. The predicted octanol–water partition coefficient (Wildman–Crippen LogP) is 16.4. The highest BCUT2D eigenvalue weighted by Crippen LogP contribution is 2.49. The molecule has 11 aromatic rings. The summed E-state index contributed by atoms with van der Waals surface area (Å²) >= 11 is 0. The first-order valence-corrected chi connectivity index (χ1v) is 22.5. The van der Waals surface area contributed by atoms with Gasteiger partial charge < -0.3 is 0 Å². The molecule has 1 aliphatic carbocycles. The molecular formula is C63H37N5. The van der Waals surface area contributed by atoms with E-state index in [0.717, 1.165) is 72.3 Å². The van der Waals surface area contributed by atoms with Crippen LogP contribution in [0, 0.1) is 17.9 Å². The van der Waals surface area contributed by atoms with Crippen molar-refractivity contribution < 1.29 is 0 Å². The highest BCUT2D eigenvalue weighted by atomic mass is 15.0. The van der Waals surface area contributed by atoms with Crippen LogP contribution >= 0.6 is 0 Å². The van der Waals surface area contributed by atoms with E-state index in [-0.39, 0.29) is 0 Å². The lowest BCUT2D eigenvalue weighted by Crippen LogP contribution is -2.00. The molecule has 5 nitrogen and oxygen atoms in total. The largest absolute Gasteiger partial charge is 0.238 e. The van der Waals surface area contributed by atoms with Crippen LogP contribution in [0.5, 0.6) is 0 Å². The van der Waals surface area contributed by atoms with Gasteiger partial charge in [0.2, 0.25) is 0 Å². The van der Waals surface area contributed by atoms with Crippen molar-refractivity contribution in [2.45, 2.75) is 0 Å². The molecule has 0 aliphatic heterocycles. The van der Waals surface area contributed by atoms with E-state index in [1.807, 2.05) is 103 Å². The summed E-state index contributed by atoms with van der Waals surface area (Å²) in [6.07, 6.45) is 0. The fourth-order valence-corrected chi connectivity index (χ4v) is 9.67. The van der Waals surface area contributed by atoms with E-state index in [2.05, 4.69) is 132 Å². The van der Waals surface area contributed by atoms with Crippen molar-refractivity contribution in [2.24, 2.45) is 0 Å². The second-order valence-electron chi connectivity index (χ2n) is 16.9. The molecule has 0 saturated carbocycles. The molecular weight excluding hydrogens is 827 g/mol. The van der Waals surface area contributed by atoms with E-state index in [1.54, 1.807) is 0 Å². The summed E-state index contributed by atoms with van der Waals surface area (Å²) < 4.78 is 0. The third-order valence-electron chi connectivity index (χ3n) is 13.0. The fourth-order valence-electron chi connectivity index (χ4n) is 9.67. The zero-order valence-electron chi connectivity index (χ0n) is 36.6. The van der Waals surface area contributed by atoms with Gasteiger partial charge in [-0.05, 0) is 113 Å². The van der Waals surface area contributed by atoms with Gasteiger partial charge in [0, 0.05) is 16.7 Å². The van der Waals surface area contributed by atoms with Crippen LogP contribution in [0.4, 0.5) is 5.69 Å². The maximum absolute atomic E-state index is 10.2. The molecule has 0 spiro atoms. The number of fused-ring (bicyclic) bond motifs is 3. The van der Waals surface area contributed by atoms with Gasteiger partial charge in [-0.2, -0.15) is 5.26 Å². The van der Waals surface area contributed by atoms with Gasteiger partial charge in [-0.1, -0.05) is 200 Å². The first-order chi connectivity index (χ1) is 33.6. The molecule has 10 aromatic carbocycles. The van der Waals surface area contributed by atoms with Crippen molar-refractivity contribution >= 4 is 16.5 Å². The highest BCUT2D eigenvalue weighted by Gasteiger charge is 2.23. The topological polar surface area (TPSA) is 66.8 Å². The summed E-state index contributed by atoms with van der Waals surface area (Å²) in [5.41, 5.74) is 18.6. The minimum atomic E-state index is 0.483. The van der Waals surface area contributed by atoms with Gasteiger partial charge in [-0.15, -0.1) is 0 Å². The molecule has 0 unspecified atom stereocenters. The van der Waals surface area contributed by atoms with E-state index in [4.69, 9.17) is 21.5 Å². The molecule has 0 saturated heterocycles. The van der Waals surface area contributed by atoms with Crippen LogP contribution in [0.1, 0.15) is 5.56 Å². The normalized spacial score (nSPS) is 11.2. The summed E-state index contributed by atoms with van der Waals surface area (Å²) in [6, 6.07) is 79.3. The average molecular weight is 864 g/mol. The van der Waals surface area contributed by atoms with Crippen LogP contribution in [0.15, 0.2) is 224 Å². The Kier molecular flexibility index (Phi) is 9.87. The van der Waals surface area contributed by atoms with E-state index in [9.17, 15) is 5.26 Å². The lowest BCUT2D eigenvalue weighted by atomic mass is 9.89. The van der Waals surface area contributed by atoms with Crippen LogP contribution in [-0.4, -0.2) is 15.0 Å². The number of rotatable bonds is 8. The smallest absolute Gasteiger partial charge is 0.194 e. The first kappa shape index (κ1) is 40.0. The number of hydrogen-bond acceptors (Lipinski definition) is 4. The van der Waals surface area contributed by atoms with Crippen molar-refractivity contribution in [1.29, 1.82) is 5.26 Å². The van der Waals surface area contributed by atoms with Crippen LogP contribution in [0.2, 0.25) is 0 Å². The molecule has 0 radical (unpaired) electrons. The monoisotopic (exact) mass is 863 g/mol. The molecule has 0 N–H and O–H groups in total. The quantitative estimate of drug-likeness (QED) is 0.143. The van der Waals surface area contributed by atoms with Gasteiger partial charge in [0.25, 0.3) is 0 Å². The van der Waals surface area contributed by atoms with Crippen LogP contribution in [0.3, 0.4) is 0 Å². The summed E-state index contributed by atoms with van der Waals surface area (Å²) in [5.74, 6) is 1.56. The number of nitrogens with zero attached hydrogens (tertiary/aromatic N) is 5. The zero-order valence-corrected chi connectivity index (χ0v) is 36.6. The van der Waals surface area contributed by atoms with Crippen molar-refractivity contribution in [3.8, 4) is 118 Å². The molecule has 0 bridgehead atoms. The Labute approximate surface area is 394 Å². The standard InChI is InChI=1S/C63H37N5/c1-65-59-33-30-46(37-58(59)53-25-9-8-24-52(53)47-28-32-54-55-26-12-18-41-19-13-27-56(60(41)55)57(54)38-47)44-21-10-20-43(34-44)45-22-11-23-48(35-45)62-66-61(42-16-6-3-7-17-42)67-63(68-62)49-29-31-51(50(36-49)39-64)40-14-4-2-5-15-40/h2-38H. The molecule has 0 fully saturated rings. The number of nitriles is 1. The molecule has 12 rings (SSSR count). The van der Waals surface area contributed by atoms with Gasteiger partial charge in [-0.25, -0.2) is 19.8 Å². The van der Waals surface area contributed by atoms with Gasteiger partial charge in [0.1, 0.15) is 0 Å². The first-order valence-electron chi connectivity index (χ1n) is 22.5. The number of hydrogen-bond donors (Lipinski definition) is 0. The maximum atomic E-state index is 10.2. The van der Waals surface area contributed by atoms with Crippen LogP contribution in [-0.2, 0) is 0 Å². The number of aromatic nitrogens is 3. The van der Waals surface area contributed by atoms with Gasteiger partial charge in [0.05, 0.1) is 18.2 Å². The Bertz CT molecular complexity index is 3870. The molecule has 0 amide bonds. The average Bonchev–Trinajstić information content (AvgIpc) is 3.74. The molecule has 314 valence electrons. The fraction of sp³-hybridized carbons (Fsp3) is 0. The second-order valence-corrected chi connectivity index (χ2v) is 16.9. The summed E-state index contributed by atoms with van der Waals surface area (Å²) in [4.78, 5) is 19.0. The van der Waals surface area contributed by atoms with E-state index in [1.165, 1.54) is 33.0 Å². The summed E-state index contributed by atoms with van der Waals surface area (Å²) in [6.45, 7) is 8.24. The van der Waals surface area contributed by atoms with Crippen LogP contribution < -0.4 is 0 Å². The lowest BCUT2D eigenvalue weighted by Gasteiger charge is -2.15. The Morgan fingerprint density at radius 3 is 1.46 bits per heavy atom. The van der Waals surface area contributed by atoms with Gasteiger partial charge in [-0.3, -0.25) is 0 Å². The Morgan fingerprint density at radius 2 is 0.779 bits per heavy atom. The van der Waals surface area contributed by atoms with Crippen LogP contribution in [0.25, 0.3) is 128 Å².